The average molecular weight is 405 g/mol. The number of hydrogen-bond donors (Lipinski definition) is 0. The highest BCUT2D eigenvalue weighted by molar-refractivity contribution is 6.11. The van der Waals surface area contributed by atoms with Crippen LogP contribution < -0.4 is 0 Å². The molecule has 2 fully saturated rings. The number of benzene rings is 1. The first-order chi connectivity index (χ1) is 13.4. The SMILES string of the molecule is CC#Cc1cc(C)c(C2C(=O)CC3(CC2=O)CN(C(=O)CC(F)(F)F)C3)c(C)c1. The fraction of sp³-hybridized carbons (Fsp3) is 0.500. The number of hydrogen-bond acceptors (Lipinski definition) is 3. The maximum Gasteiger partial charge on any atom is 0.397 e. The van der Waals surface area contributed by atoms with Crippen LogP contribution in [0.3, 0.4) is 0 Å². The van der Waals surface area contributed by atoms with E-state index in [0.29, 0.717) is 5.56 Å². The van der Waals surface area contributed by atoms with Crippen molar-refractivity contribution in [2.24, 2.45) is 5.41 Å². The fourth-order valence-electron chi connectivity index (χ4n) is 4.60. The smallest absolute Gasteiger partial charge is 0.341 e. The summed E-state index contributed by atoms with van der Waals surface area (Å²) in [6.45, 7) is 5.46. The molecule has 29 heavy (non-hydrogen) atoms. The first-order valence-electron chi connectivity index (χ1n) is 9.38. The van der Waals surface area contributed by atoms with Gasteiger partial charge in [0.1, 0.15) is 23.9 Å². The Morgan fingerprint density at radius 1 is 1.14 bits per heavy atom. The molecule has 1 aromatic carbocycles. The van der Waals surface area contributed by atoms with Crippen molar-refractivity contribution in [3.63, 3.8) is 0 Å². The van der Waals surface area contributed by atoms with Gasteiger partial charge in [0, 0.05) is 36.9 Å². The molecule has 4 nitrogen and oxygen atoms in total. The minimum atomic E-state index is -4.56. The molecule has 1 saturated heterocycles. The number of likely N-dealkylation sites (tertiary alicyclic amines) is 1. The van der Waals surface area contributed by atoms with Gasteiger partial charge >= 0.3 is 6.18 Å². The third-order valence-electron chi connectivity index (χ3n) is 5.65. The Balaban J connectivity index is 1.76. The molecule has 1 aliphatic heterocycles. The fourth-order valence-corrected chi connectivity index (χ4v) is 4.60. The number of halogens is 3. The molecule has 7 heteroatoms. The molecule has 0 N–H and O–H groups in total. The lowest BCUT2D eigenvalue weighted by Gasteiger charge is -2.52. The zero-order valence-electron chi connectivity index (χ0n) is 16.6. The topological polar surface area (TPSA) is 54.5 Å². The minimum Gasteiger partial charge on any atom is -0.341 e. The predicted molar refractivity (Wildman–Crippen MR) is 100 cm³/mol. The van der Waals surface area contributed by atoms with Crippen molar-refractivity contribution in [1.82, 2.24) is 4.90 Å². The Morgan fingerprint density at radius 3 is 2.10 bits per heavy atom. The Kier molecular flexibility index (Phi) is 5.33. The van der Waals surface area contributed by atoms with Crippen LogP contribution in [0.2, 0.25) is 0 Å². The van der Waals surface area contributed by atoms with Crippen LogP contribution in [0.15, 0.2) is 12.1 Å². The lowest BCUT2D eigenvalue weighted by molar-refractivity contribution is -0.173. The Hall–Kier alpha value is -2.62. The standard InChI is InChI=1S/C22H22F3NO3/c1-4-5-15-6-13(2)19(14(3)7-15)20-16(27)8-21(9-17(20)28)11-26(12-21)18(29)10-22(23,24)25/h6-7,20H,8-12H2,1-3H3. The van der Waals surface area contributed by atoms with Crippen molar-refractivity contribution in [3.8, 4) is 11.8 Å². The molecule has 0 bridgehead atoms. The van der Waals surface area contributed by atoms with Crippen LogP contribution in [0.1, 0.15) is 54.4 Å². The Morgan fingerprint density at radius 2 is 1.66 bits per heavy atom. The van der Waals surface area contributed by atoms with Gasteiger partial charge in [-0.3, -0.25) is 14.4 Å². The van der Waals surface area contributed by atoms with E-state index in [9.17, 15) is 27.6 Å². The second-order valence-corrected chi connectivity index (χ2v) is 8.16. The van der Waals surface area contributed by atoms with Crippen molar-refractivity contribution < 1.29 is 27.6 Å². The van der Waals surface area contributed by atoms with Crippen molar-refractivity contribution in [2.45, 2.75) is 52.1 Å². The van der Waals surface area contributed by atoms with Crippen LogP contribution in [0.5, 0.6) is 0 Å². The van der Waals surface area contributed by atoms with E-state index in [0.717, 1.165) is 21.6 Å². The van der Waals surface area contributed by atoms with E-state index < -0.39 is 29.8 Å². The number of nitrogens with zero attached hydrogens (tertiary/aromatic N) is 1. The Labute approximate surface area is 167 Å². The monoisotopic (exact) mass is 405 g/mol. The van der Waals surface area contributed by atoms with E-state index in [1.54, 1.807) is 6.92 Å². The number of Topliss-reactive ketones (excluding diaryl/α,β-unsaturated/α-hetero) is 2. The van der Waals surface area contributed by atoms with Gasteiger partial charge in [-0.2, -0.15) is 13.2 Å². The molecule has 3 rings (SSSR count). The van der Waals surface area contributed by atoms with Gasteiger partial charge in [0.05, 0.1) is 0 Å². The van der Waals surface area contributed by atoms with Crippen LogP contribution in [0.25, 0.3) is 0 Å². The number of amides is 1. The van der Waals surface area contributed by atoms with Gasteiger partial charge in [0.25, 0.3) is 0 Å². The van der Waals surface area contributed by atoms with Gasteiger partial charge in [-0.25, -0.2) is 0 Å². The van der Waals surface area contributed by atoms with E-state index in [1.807, 2.05) is 26.0 Å². The second-order valence-electron chi connectivity index (χ2n) is 8.16. The van der Waals surface area contributed by atoms with Gasteiger partial charge < -0.3 is 4.90 Å². The van der Waals surface area contributed by atoms with Gasteiger partial charge in [-0.05, 0) is 49.6 Å². The molecule has 2 aliphatic rings. The molecular weight excluding hydrogens is 383 g/mol. The summed E-state index contributed by atoms with van der Waals surface area (Å²) >= 11 is 0. The van der Waals surface area contributed by atoms with Gasteiger partial charge in [-0.15, -0.1) is 5.92 Å². The average Bonchev–Trinajstić information content (AvgIpc) is 2.52. The van der Waals surface area contributed by atoms with Crippen molar-refractivity contribution in [1.29, 1.82) is 0 Å². The number of ketones is 2. The molecule has 154 valence electrons. The van der Waals surface area contributed by atoms with E-state index in [2.05, 4.69) is 11.8 Å². The van der Waals surface area contributed by atoms with Crippen molar-refractivity contribution in [2.75, 3.05) is 13.1 Å². The Bertz CT molecular complexity index is 903. The maximum absolute atomic E-state index is 12.9. The summed E-state index contributed by atoms with van der Waals surface area (Å²) in [5.74, 6) is 3.46. The zero-order chi connectivity index (χ0) is 21.6. The summed E-state index contributed by atoms with van der Waals surface area (Å²) < 4.78 is 37.2. The molecule has 1 heterocycles. The third-order valence-corrected chi connectivity index (χ3v) is 5.65. The summed E-state index contributed by atoms with van der Waals surface area (Å²) in [6, 6.07) is 3.70. The molecular formula is C22H22F3NO3. The second kappa shape index (κ2) is 7.33. The third kappa shape index (κ3) is 4.21. The first kappa shape index (κ1) is 21.1. The highest BCUT2D eigenvalue weighted by Gasteiger charge is 2.54. The van der Waals surface area contributed by atoms with Gasteiger partial charge in [0.15, 0.2) is 0 Å². The summed E-state index contributed by atoms with van der Waals surface area (Å²) in [4.78, 5) is 38.6. The first-order valence-corrected chi connectivity index (χ1v) is 9.38. The maximum atomic E-state index is 12.9. The number of aryl methyl sites for hydroxylation is 2. The zero-order valence-corrected chi connectivity index (χ0v) is 16.6. The predicted octanol–water partition coefficient (Wildman–Crippen LogP) is 3.47. The molecule has 0 radical (unpaired) electrons. The molecule has 1 saturated carbocycles. The molecule has 1 aliphatic carbocycles. The summed E-state index contributed by atoms with van der Waals surface area (Å²) in [5.41, 5.74) is 2.43. The normalized spacial score (nSPS) is 19.0. The van der Waals surface area contributed by atoms with Crippen LogP contribution in [-0.4, -0.2) is 41.6 Å². The number of rotatable bonds is 2. The number of carbonyl (C=O) groups is 3. The number of carbonyl (C=O) groups excluding carboxylic acids is 3. The lowest BCUT2D eigenvalue weighted by atomic mass is 9.63. The molecule has 1 aromatic rings. The molecule has 1 spiro atoms. The highest BCUT2D eigenvalue weighted by atomic mass is 19.4. The number of alkyl halides is 3. The van der Waals surface area contributed by atoms with Crippen LogP contribution in [0, 0.1) is 31.1 Å². The quantitative estimate of drug-likeness (QED) is 0.559. The van der Waals surface area contributed by atoms with Gasteiger partial charge in [-0.1, -0.05) is 5.92 Å². The summed E-state index contributed by atoms with van der Waals surface area (Å²) in [5, 5.41) is 0. The molecule has 1 amide bonds. The largest absolute Gasteiger partial charge is 0.397 e. The van der Waals surface area contributed by atoms with Crippen molar-refractivity contribution in [3.05, 3.63) is 34.4 Å². The molecule has 0 unspecified atom stereocenters. The minimum absolute atomic E-state index is 0.0229. The highest BCUT2D eigenvalue weighted by Crippen LogP contribution is 2.46. The molecule has 0 aromatic heterocycles. The van der Waals surface area contributed by atoms with Crippen LogP contribution in [0.4, 0.5) is 13.2 Å². The summed E-state index contributed by atoms with van der Waals surface area (Å²) in [6.07, 6.45) is -5.89. The van der Waals surface area contributed by atoms with E-state index in [-0.39, 0.29) is 37.5 Å². The summed E-state index contributed by atoms with van der Waals surface area (Å²) in [7, 11) is 0. The van der Waals surface area contributed by atoms with Crippen LogP contribution in [-0.2, 0) is 14.4 Å². The molecule has 0 atom stereocenters. The van der Waals surface area contributed by atoms with E-state index in [1.165, 1.54) is 0 Å². The van der Waals surface area contributed by atoms with E-state index >= 15 is 0 Å². The lowest BCUT2D eigenvalue weighted by Crippen LogP contribution is -2.62. The van der Waals surface area contributed by atoms with E-state index in [4.69, 9.17) is 0 Å². The van der Waals surface area contributed by atoms with Crippen LogP contribution >= 0.6 is 0 Å². The van der Waals surface area contributed by atoms with Crippen molar-refractivity contribution >= 4 is 17.5 Å². The van der Waals surface area contributed by atoms with Gasteiger partial charge in [0.2, 0.25) is 5.91 Å².